The van der Waals surface area contributed by atoms with Crippen LogP contribution in [-0.4, -0.2) is 72.0 Å². The molecule has 1 amide bonds. The summed E-state index contributed by atoms with van der Waals surface area (Å²) < 4.78 is 0. The standard InChI is InChI=1S/C17H27N5O/c1-14-12-18-13-16(19-14)21-5-3-15(4-6-21)11-17(23)22-9-7-20(2)8-10-22/h12-13,15H,3-11H2,1-2H3. The first-order valence-electron chi connectivity index (χ1n) is 8.62. The molecule has 0 atom stereocenters. The van der Waals surface area contributed by atoms with Gasteiger partial charge in [-0.05, 0) is 32.7 Å². The molecule has 1 aromatic heterocycles. The molecular formula is C17H27N5O. The van der Waals surface area contributed by atoms with Gasteiger partial charge in [-0.1, -0.05) is 0 Å². The van der Waals surface area contributed by atoms with Gasteiger partial charge < -0.3 is 14.7 Å². The predicted molar refractivity (Wildman–Crippen MR) is 90.4 cm³/mol. The van der Waals surface area contributed by atoms with Crippen LogP contribution in [0.15, 0.2) is 12.4 Å². The highest BCUT2D eigenvalue weighted by Gasteiger charge is 2.26. The zero-order chi connectivity index (χ0) is 16.2. The number of aryl methyl sites for hydroxylation is 1. The quantitative estimate of drug-likeness (QED) is 0.837. The maximum atomic E-state index is 12.4. The highest BCUT2D eigenvalue weighted by atomic mass is 16.2. The molecule has 1 aromatic rings. The smallest absolute Gasteiger partial charge is 0.222 e. The van der Waals surface area contributed by atoms with E-state index in [0.29, 0.717) is 18.2 Å². The second-order valence-corrected chi connectivity index (χ2v) is 6.84. The van der Waals surface area contributed by atoms with Gasteiger partial charge in [-0.2, -0.15) is 0 Å². The minimum atomic E-state index is 0.340. The molecule has 126 valence electrons. The van der Waals surface area contributed by atoms with Crippen molar-refractivity contribution in [3.8, 4) is 0 Å². The summed E-state index contributed by atoms with van der Waals surface area (Å²) in [5.41, 5.74) is 0.954. The van der Waals surface area contributed by atoms with E-state index >= 15 is 0 Å². The van der Waals surface area contributed by atoms with Crippen LogP contribution in [0.25, 0.3) is 0 Å². The first kappa shape index (κ1) is 16.2. The van der Waals surface area contributed by atoms with E-state index in [2.05, 4.69) is 26.8 Å². The van der Waals surface area contributed by atoms with Crippen LogP contribution in [0.2, 0.25) is 0 Å². The minimum absolute atomic E-state index is 0.340. The molecule has 0 bridgehead atoms. The molecule has 2 fully saturated rings. The fourth-order valence-corrected chi connectivity index (χ4v) is 3.40. The summed E-state index contributed by atoms with van der Waals surface area (Å²) in [5.74, 6) is 1.82. The molecule has 2 saturated heterocycles. The van der Waals surface area contributed by atoms with Crippen molar-refractivity contribution >= 4 is 11.7 Å². The Morgan fingerprint density at radius 2 is 1.83 bits per heavy atom. The normalized spacial score (nSPS) is 20.8. The van der Waals surface area contributed by atoms with E-state index in [0.717, 1.165) is 63.6 Å². The number of carbonyl (C=O) groups is 1. The van der Waals surface area contributed by atoms with Gasteiger partial charge in [-0.3, -0.25) is 9.78 Å². The molecule has 6 heteroatoms. The van der Waals surface area contributed by atoms with Gasteiger partial charge in [-0.15, -0.1) is 0 Å². The summed E-state index contributed by atoms with van der Waals surface area (Å²) in [5, 5.41) is 0. The summed E-state index contributed by atoms with van der Waals surface area (Å²) in [6.07, 6.45) is 6.45. The number of amides is 1. The molecule has 0 aliphatic carbocycles. The van der Waals surface area contributed by atoms with Crippen molar-refractivity contribution < 1.29 is 4.79 Å². The molecule has 0 unspecified atom stereocenters. The molecule has 0 aromatic carbocycles. The monoisotopic (exact) mass is 317 g/mol. The van der Waals surface area contributed by atoms with Gasteiger partial charge in [0.2, 0.25) is 5.91 Å². The lowest BCUT2D eigenvalue weighted by molar-refractivity contribution is -0.133. The Kier molecular flexibility index (Phi) is 5.10. The van der Waals surface area contributed by atoms with Crippen molar-refractivity contribution in [2.45, 2.75) is 26.2 Å². The second kappa shape index (κ2) is 7.25. The Hall–Kier alpha value is -1.69. The van der Waals surface area contributed by atoms with E-state index in [4.69, 9.17) is 0 Å². The molecule has 0 N–H and O–H groups in total. The maximum Gasteiger partial charge on any atom is 0.222 e. The number of rotatable bonds is 3. The molecule has 0 radical (unpaired) electrons. The lowest BCUT2D eigenvalue weighted by Gasteiger charge is -2.35. The van der Waals surface area contributed by atoms with E-state index < -0.39 is 0 Å². The number of hydrogen-bond acceptors (Lipinski definition) is 5. The fraction of sp³-hybridized carbons (Fsp3) is 0.706. The van der Waals surface area contributed by atoms with Crippen LogP contribution in [-0.2, 0) is 4.79 Å². The number of piperidine rings is 1. The van der Waals surface area contributed by atoms with E-state index in [-0.39, 0.29) is 0 Å². The first-order chi connectivity index (χ1) is 11.1. The highest BCUT2D eigenvalue weighted by molar-refractivity contribution is 5.76. The van der Waals surface area contributed by atoms with Crippen LogP contribution in [0.5, 0.6) is 0 Å². The number of piperazine rings is 1. The SMILES string of the molecule is Cc1cncc(N2CCC(CC(=O)N3CCN(C)CC3)CC2)n1. The summed E-state index contributed by atoms with van der Waals surface area (Å²) in [6, 6.07) is 0. The number of nitrogens with zero attached hydrogens (tertiary/aromatic N) is 5. The third kappa shape index (κ3) is 4.19. The second-order valence-electron chi connectivity index (χ2n) is 6.84. The van der Waals surface area contributed by atoms with E-state index in [1.807, 2.05) is 18.0 Å². The summed E-state index contributed by atoms with van der Waals surface area (Å²) >= 11 is 0. The number of likely N-dealkylation sites (N-methyl/N-ethyl adjacent to an activating group) is 1. The Morgan fingerprint density at radius 1 is 1.13 bits per heavy atom. The Morgan fingerprint density at radius 3 is 2.48 bits per heavy atom. The molecule has 23 heavy (non-hydrogen) atoms. The number of hydrogen-bond donors (Lipinski definition) is 0. The topological polar surface area (TPSA) is 52.6 Å². The molecule has 2 aliphatic heterocycles. The maximum absolute atomic E-state index is 12.4. The molecule has 3 rings (SSSR count). The van der Waals surface area contributed by atoms with Gasteiger partial charge >= 0.3 is 0 Å². The molecule has 0 saturated carbocycles. The van der Waals surface area contributed by atoms with E-state index in [9.17, 15) is 4.79 Å². The van der Waals surface area contributed by atoms with Gasteiger partial charge in [0.25, 0.3) is 0 Å². The third-order valence-electron chi connectivity index (χ3n) is 5.00. The van der Waals surface area contributed by atoms with Crippen molar-refractivity contribution in [1.82, 2.24) is 19.8 Å². The Balaban J connectivity index is 1.46. The van der Waals surface area contributed by atoms with Crippen LogP contribution in [0.1, 0.15) is 25.0 Å². The first-order valence-corrected chi connectivity index (χ1v) is 8.62. The largest absolute Gasteiger partial charge is 0.355 e. The average molecular weight is 317 g/mol. The predicted octanol–water partition coefficient (Wildman–Crippen LogP) is 1.17. The number of aromatic nitrogens is 2. The third-order valence-corrected chi connectivity index (χ3v) is 5.00. The lowest BCUT2D eigenvalue weighted by atomic mass is 9.93. The van der Waals surface area contributed by atoms with Gasteiger partial charge in [-0.25, -0.2) is 4.98 Å². The van der Waals surface area contributed by atoms with E-state index in [1.165, 1.54) is 0 Å². The van der Waals surface area contributed by atoms with Crippen molar-refractivity contribution in [2.24, 2.45) is 5.92 Å². The molecular weight excluding hydrogens is 290 g/mol. The van der Waals surface area contributed by atoms with Gasteiger partial charge in [0, 0.05) is 51.9 Å². The minimum Gasteiger partial charge on any atom is -0.355 e. The summed E-state index contributed by atoms with van der Waals surface area (Å²) in [7, 11) is 2.12. The van der Waals surface area contributed by atoms with Crippen LogP contribution in [0, 0.1) is 12.8 Å². The Labute approximate surface area is 138 Å². The van der Waals surface area contributed by atoms with Crippen molar-refractivity contribution in [1.29, 1.82) is 0 Å². The van der Waals surface area contributed by atoms with Crippen molar-refractivity contribution in [2.75, 3.05) is 51.2 Å². The van der Waals surface area contributed by atoms with Gasteiger partial charge in [0.1, 0.15) is 5.82 Å². The fourth-order valence-electron chi connectivity index (χ4n) is 3.40. The summed E-state index contributed by atoms with van der Waals surface area (Å²) in [4.78, 5) is 27.8. The van der Waals surface area contributed by atoms with Crippen LogP contribution in [0.4, 0.5) is 5.82 Å². The lowest BCUT2D eigenvalue weighted by Crippen LogP contribution is -2.47. The molecule has 2 aliphatic rings. The summed E-state index contributed by atoms with van der Waals surface area (Å²) in [6.45, 7) is 7.67. The van der Waals surface area contributed by atoms with Gasteiger partial charge in [0.05, 0.1) is 11.9 Å². The molecule has 0 spiro atoms. The zero-order valence-corrected chi connectivity index (χ0v) is 14.2. The van der Waals surface area contributed by atoms with E-state index in [1.54, 1.807) is 6.20 Å². The highest BCUT2D eigenvalue weighted by Crippen LogP contribution is 2.24. The van der Waals surface area contributed by atoms with Crippen LogP contribution < -0.4 is 4.90 Å². The number of carbonyl (C=O) groups excluding carboxylic acids is 1. The van der Waals surface area contributed by atoms with Crippen molar-refractivity contribution in [3.63, 3.8) is 0 Å². The number of anilines is 1. The molecule has 3 heterocycles. The van der Waals surface area contributed by atoms with Crippen LogP contribution in [0.3, 0.4) is 0 Å². The van der Waals surface area contributed by atoms with Crippen LogP contribution >= 0.6 is 0 Å². The average Bonchev–Trinajstić information content (AvgIpc) is 2.56. The Bertz CT molecular complexity index is 534. The van der Waals surface area contributed by atoms with Gasteiger partial charge in [0.15, 0.2) is 0 Å². The molecule has 6 nitrogen and oxygen atoms in total. The van der Waals surface area contributed by atoms with Crippen molar-refractivity contribution in [3.05, 3.63) is 18.1 Å². The zero-order valence-electron chi connectivity index (χ0n) is 14.2.